The topological polar surface area (TPSA) is 75.1 Å². The van der Waals surface area contributed by atoms with Gasteiger partial charge in [-0.2, -0.15) is 9.61 Å². The monoisotopic (exact) mass is 247 g/mol. The molecule has 0 spiro atoms. The van der Waals surface area contributed by atoms with Gasteiger partial charge < -0.3 is 5.32 Å². The lowest BCUT2D eigenvalue weighted by molar-refractivity contribution is 0.536. The minimum absolute atomic E-state index is 0.303. The van der Waals surface area contributed by atoms with E-state index in [2.05, 4.69) is 27.5 Å². The van der Waals surface area contributed by atoms with Crippen LogP contribution < -0.4 is 11.0 Å². The van der Waals surface area contributed by atoms with Crippen LogP contribution in [0.25, 0.3) is 5.65 Å². The fourth-order valence-corrected chi connectivity index (χ4v) is 2.66. The normalized spacial score (nSPS) is 23.6. The number of hydrogen-bond acceptors (Lipinski definition) is 4. The van der Waals surface area contributed by atoms with Crippen molar-refractivity contribution in [1.82, 2.24) is 19.8 Å². The zero-order valence-corrected chi connectivity index (χ0v) is 10.4. The lowest BCUT2D eigenvalue weighted by atomic mass is 10.1. The predicted octanol–water partition coefficient (Wildman–Crippen LogP) is 1.27. The van der Waals surface area contributed by atoms with E-state index in [0.717, 1.165) is 24.2 Å². The van der Waals surface area contributed by atoms with Crippen molar-refractivity contribution < 1.29 is 0 Å². The standard InChI is InChI=1S/C12H17N5O/c1-8-2-3-9(6-8)7-13-10-4-5-11-14-15-12(18)17(11)16-10/h4-5,8-9H,2-3,6-7H2,1H3,(H,13,16)(H,15,18). The first-order chi connectivity index (χ1) is 8.72. The van der Waals surface area contributed by atoms with Crippen LogP contribution in [0.15, 0.2) is 16.9 Å². The Hall–Kier alpha value is -1.85. The molecule has 18 heavy (non-hydrogen) atoms. The van der Waals surface area contributed by atoms with Crippen LogP contribution in [0.5, 0.6) is 0 Å². The number of H-pyrrole nitrogens is 1. The summed E-state index contributed by atoms with van der Waals surface area (Å²) in [6.07, 6.45) is 3.88. The van der Waals surface area contributed by atoms with Crippen LogP contribution in [0.1, 0.15) is 26.2 Å². The largest absolute Gasteiger partial charge is 0.368 e. The highest BCUT2D eigenvalue weighted by Gasteiger charge is 2.20. The molecule has 6 nitrogen and oxygen atoms in total. The van der Waals surface area contributed by atoms with E-state index in [4.69, 9.17) is 0 Å². The third-order valence-electron chi connectivity index (χ3n) is 3.65. The molecule has 0 radical (unpaired) electrons. The first kappa shape index (κ1) is 11.3. The molecular formula is C12H17N5O. The summed E-state index contributed by atoms with van der Waals surface area (Å²) in [5.41, 5.74) is 0.239. The molecule has 96 valence electrons. The molecule has 0 aromatic carbocycles. The molecule has 2 atom stereocenters. The molecule has 1 saturated carbocycles. The highest BCUT2D eigenvalue weighted by molar-refractivity contribution is 5.42. The molecule has 3 rings (SSSR count). The Bertz CT molecular complexity index is 602. The molecule has 1 fully saturated rings. The summed E-state index contributed by atoms with van der Waals surface area (Å²) in [6, 6.07) is 3.64. The van der Waals surface area contributed by atoms with Gasteiger partial charge in [-0.25, -0.2) is 9.89 Å². The summed E-state index contributed by atoms with van der Waals surface area (Å²) in [5, 5.41) is 13.7. The fourth-order valence-electron chi connectivity index (χ4n) is 2.66. The van der Waals surface area contributed by atoms with Gasteiger partial charge in [-0.1, -0.05) is 13.3 Å². The van der Waals surface area contributed by atoms with Crippen LogP contribution in [0.3, 0.4) is 0 Å². The molecule has 2 N–H and O–H groups in total. The molecule has 0 saturated heterocycles. The van der Waals surface area contributed by atoms with E-state index >= 15 is 0 Å². The quantitative estimate of drug-likeness (QED) is 0.856. The first-order valence-electron chi connectivity index (χ1n) is 6.40. The summed E-state index contributed by atoms with van der Waals surface area (Å²) < 4.78 is 1.28. The van der Waals surface area contributed by atoms with Gasteiger partial charge in [0.25, 0.3) is 0 Å². The minimum Gasteiger partial charge on any atom is -0.368 e. The van der Waals surface area contributed by atoms with Gasteiger partial charge in [0.1, 0.15) is 5.82 Å². The second-order valence-electron chi connectivity index (χ2n) is 5.18. The van der Waals surface area contributed by atoms with E-state index in [1.165, 1.54) is 23.8 Å². The Labute approximate surface area is 104 Å². The van der Waals surface area contributed by atoms with Gasteiger partial charge in [-0.05, 0) is 36.8 Å². The molecule has 2 aromatic rings. The summed E-state index contributed by atoms with van der Waals surface area (Å²) in [4.78, 5) is 11.4. The Morgan fingerprint density at radius 1 is 1.50 bits per heavy atom. The molecule has 0 bridgehead atoms. The third-order valence-corrected chi connectivity index (χ3v) is 3.65. The van der Waals surface area contributed by atoms with Crippen molar-refractivity contribution in [1.29, 1.82) is 0 Å². The molecule has 2 heterocycles. The highest BCUT2D eigenvalue weighted by atomic mass is 16.2. The predicted molar refractivity (Wildman–Crippen MR) is 68.6 cm³/mol. The maximum atomic E-state index is 11.4. The zero-order chi connectivity index (χ0) is 12.5. The van der Waals surface area contributed by atoms with Crippen molar-refractivity contribution in [2.75, 3.05) is 11.9 Å². The van der Waals surface area contributed by atoms with E-state index < -0.39 is 0 Å². The molecule has 6 heteroatoms. The number of rotatable bonds is 3. The second kappa shape index (κ2) is 4.44. The smallest absolute Gasteiger partial charge is 0.364 e. The molecule has 0 amide bonds. The van der Waals surface area contributed by atoms with Gasteiger partial charge in [-0.15, -0.1) is 5.10 Å². The number of aromatic amines is 1. The average Bonchev–Trinajstić information content (AvgIpc) is 2.94. The van der Waals surface area contributed by atoms with Gasteiger partial charge in [0, 0.05) is 6.54 Å². The van der Waals surface area contributed by atoms with Gasteiger partial charge in [0.2, 0.25) is 0 Å². The van der Waals surface area contributed by atoms with E-state index in [1.807, 2.05) is 6.07 Å². The fraction of sp³-hybridized carbons (Fsp3) is 0.583. The first-order valence-corrected chi connectivity index (χ1v) is 6.40. The van der Waals surface area contributed by atoms with Crippen molar-refractivity contribution in [3.05, 3.63) is 22.6 Å². The molecule has 2 unspecified atom stereocenters. The SMILES string of the molecule is CC1CCC(CNc2ccc3n[nH]c(=O)n3n2)C1. The molecule has 2 aromatic heterocycles. The van der Waals surface area contributed by atoms with Crippen LogP contribution >= 0.6 is 0 Å². The molecule has 1 aliphatic carbocycles. The van der Waals surface area contributed by atoms with Gasteiger partial charge >= 0.3 is 5.69 Å². The third kappa shape index (κ3) is 2.10. The lowest BCUT2D eigenvalue weighted by Gasteiger charge is -2.11. The summed E-state index contributed by atoms with van der Waals surface area (Å²) >= 11 is 0. The molecular weight excluding hydrogens is 230 g/mol. The number of nitrogens with one attached hydrogen (secondary N) is 2. The van der Waals surface area contributed by atoms with Crippen LogP contribution in [-0.4, -0.2) is 26.4 Å². The Morgan fingerprint density at radius 3 is 3.17 bits per heavy atom. The van der Waals surface area contributed by atoms with Crippen LogP contribution in [0.2, 0.25) is 0 Å². The van der Waals surface area contributed by atoms with Gasteiger partial charge in [-0.3, -0.25) is 0 Å². The van der Waals surface area contributed by atoms with Gasteiger partial charge in [0.05, 0.1) is 0 Å². The second-order valence-corrected chi connectivity index (χ2v) is 5.18. The summed E-state index contributed by atoms with van der Waals surface area (Å²) in [7, 11) is 0. The summed E-state index contributed by atoms with van der Waals surface area (Å²) in [5.74, 6) is 2.29. The highest BCUT2D eigenvalue weighted by Crippen LogP contribution is 2.30. The minimum atomic E-state index is -0.303. The van der Waals surface area contributed by atoms with E-state index in [0.29, 0.717) is 5.65 Å². The van der Waals surface area contributed by atoms with Gasteiger partial charge in [0.15, 0.2) is 5.65 Å². The molecule has 1 aliphatic rings. The van der Waals surface area contributed by atoms with E-state index in [1.54, 1.807) is 6.07 Å². The number of fused-ring (bicyclic) bond motifs is 1. The maximum Gasteiger partial charge on any atom is 0.364 e. The van der Waals surface area contributed by atoms with Crippen molar-refractivity contribution in [2.24, 2.45) is 11.8 Å². The molecule has 0 aliphatic heterocycles. The number of anilines is 1. The maximum absolute atomic E-state index is 11.4. The van der Waals surface area contributed by atoms with Crippen LogP contribution in [0.4, 0.5) is 5.82 Å². The van der Waals surface area contributed by atoms with Crippen molar-refractivity contribution >= 4 is 11.5 Å². The van der Waals surface area contributed by atoms with E-state index in [-0.39, 0.29) is 5.69 Å². The van der Waals surface area contributed by atoms with Crippen LogP contribution in [0, 0.1) is 11.8 Å². The summed E-state index contributed by atoms with van der Waals surface area (Å²) in [6.45, 7) is 3.23. The zero-order valence-electron chi connectivity index (χ0n) is 10.4. The number of aromatic nitrogens is 4. The van der Waals surface area contributed by atoms with E-state index in [9.17, 15) is 4.79 Å². The van der Waals surface area contributed by atoms with Crippen LogP contribution in [-0.2, 0) is 0 Å². The average molecular weight is 247 g/mol. The Kier molecular flexibility index (Phi) is 2.77. The van der Waals surface area contributed by atoms with Crippen molar-refractivity contribution in [2.45, 2.75) is 26.2 Å². The Morgan fingerprint density at radius 2 is 2.39 bits per heavy atom. The van der Waals surface area contributed by atoms with Crippen molar-refractivity contribution in [3.63, 3.8) is 0 Å². The lowest BCUT2D eigenvalue weighted by Crippen LogP contribution is -2.16. The number of hydrogen-bond donors (Lipinski definition) is 2. The van der Waals surface area contributed by atoms with Crippen molar-refractivity contribution in [3.8, 4) is 0 Å². The Balaban J connectivity index is 1.71. The number of nitrogens with zero attached hydrogens (tertiary/aromatic N) is 3.